The molecule has 2 unspecified atom stereocenters. The lowest BCUT2D eigenvalue weighted by Gasteiger charge is -2.23. The van der Waals surface area contributed by atoms with Gasteiger partial charge in [-0.1, -0.05) is 25.3 Å². The third kappa shape index (κ3) is 6.02. The summed E-state index contributed by atoms with van der Waals surface area (Å²) in [5, 5.41) is 3.10. The molecule has 2 atom stereocenters. The molecule has 10 heteroatoms. The summed E-state index contributed by atoms with van der Waals surface area (Å²) in [6, 6.07) is 5.65. The summed E-state index contributed by atoms with van der Waals surface area (Å²) in [6.07, 6.45) is 4.15. The van der Waals surface area contributed by atoms with Crippen LogP contribution in [-0.2, 0) is 19.1 Å². The maximum absolute atomic E-state index is 13.3. The van der Waals surface area contributed by atoms with Crippen molar-refractivity contribution in [3.8, 4) is 0 Å². The van der Waals surface area contributed by atoms with E-state index in [0.29, 0.717) is 16.6 Å². The van der Waals surface area contributed by atoms with E-state index in [9.17, 15) is 19.2 Å². The van der Waals surface area contributed by atoms with Crippen molar-refractivity contribution in [3.05, 3.63) is 61.3 Å². The van der Waals surface area contributed by atoms with Gasteiger partial charge in [-0.05, 0) is 36.6 Å². The minimum absolute atomic E-state index is 0.00892. The number of pyridine rings is 1. The molecule has 1 aromatic carbocycles. The highest BCUT2D eigenvalue weighted by Gasteiger charge is 2.41. The van der Waals surface area contributed by atoms with E-state index in [1.165, 1.54) is 23.1 Å². The van der Waals surface area contributed by atoms with Gasteiger partial charge in [0.15, 0.2) is 5.12 Å². The van der Waals surface area contributed by atoms with Crippen molar-refractivity contribution in [3.63, 3.8) is 0 Å². The Kier molecular flexibility index (Phi) is 8.42. The van der Waals surface area contributed by atoms with Gasteiger partial charge in [-0.2, -0.15) is 0 Å². The summed E-state index contributed by atoms with van der Waals surface area (Å²) in [5.74, 6) is -1.31. The molecule has 1 fully saturated rings. The first-order valence-corrected chi connectivity index (χ1v) is 11.0. The summed E-state index contributed by atoms with van der Waals surface area (Å²) in [7, 11) is 0. The lowest BCUT2D eigenvalue weighted by Crippen LogP contribution is -2.43. The Morgan fingerprint density at radius 1 is 1.18 bits per heavy atom. The van der Waals surface area contributed by atoms with Gasteiger partial charge < -0.3 is 14.8 Å². The number of benzene rings is 1. The molecule has 178 valence electrons. The fraction of sp³-hybridized carbons (Fsp3) is 0.292. The molecule has 3 rings (SSSR count). The van der Waals surface area contributed by atoms with Crippen LogP contribution in [0.1, 0.15) is 23.2 Å². The van der Waals surface area contributed by atoms with Crippen LogP contribution in [-0.4, -0.2) is 58.8 Å². The second-order valence-corrected chi connectivity index (χ2v) is 8.20. The monoisotopic (exact) mass is 483 g/mol. The lowest BCUT2D eigenvalue weighted by atomic mass is 10.0. The molecular weight excluding hydrogens is 458 g/mol. The van der Waals surface area contributed by atoms with Crippen LogP contribution < -0.4 is 5.32 Å². The Labute approximate surface area is 202 Å². The first-order valence-electron chi connectivity index (χ1n) is 10.6. The molecule has 0 aliphatic carbocycles. The van der Waals surface area contributed by atoms with Crippen molar-refractivity contribution in [2.45, 2.75) is 18.9 Å². The Morgan fingerprint density at radius 2 is 1.91 bits per heavy atom. The highest BCUT2D eigenvalue weighted by Crippen LogP contribution is 2.30. The molecule has 1 aromatic heterocycles. The number of amides is 2. The number of rotatable bonds is 9. The number of aromatic nitrogens is 1. The Bertz CT molecular complexity index is 1130. The van der Waals surface area contributed by atoms with Gasteiger partial charge in [0, 0.05) is 24.5 Å². The predicted molar refractivity (Wildman–Crippen MR) is 130 cm³/mol. The number of likely N-dealkylation sites (tertiary alicyclic amines) is 1. The zero-order valence-electron chi connectivity index (χ0n) is 18.4. The molecule has 1 aliphatic rings. The minimum Gasteiger partial charge on any atom is -0.458 e. The zero-order chi connectivity index (χ0) is 24.7. The molecule has 1 saturated heterocycles. The van der Waals surface area contributed by atoms with E-state index in [1.54, 1.807) is 24.4 Å². The molecular formula is C24H25N3O6S. The van der Waals surface area contributed by atoms with Crippen molar-refractivity contribution >= 4 is 52.3 Å². The van der Waals surface area contributed by atoms with E-state index in [0.717, 1.165) is 0 Å². The number of hydrogen-bond acceptors (Lipinski definition) is 7. The zero-order valence-corrected chi connectivity index (χ0v) is 19.3. The van der Waals surface area contributed by atoms with Crippen molar-refractivity contribution in [1.29, 1.82) is 0 Å². The number of carbonyl (C=O) groups is 4. The number of ether oxygens (including phenoxy) is 2. The molecule has 2 heterocycles. The first-order chi connectivity index (χ1) is 16.3. The van der Waals surface area contributed by atoms with Crippen LogP contribution in [0.15, 0.2) is 55.8 Å². The van der Waals surface area contributed by atoms with Crippen LogP contribution in [0.25, 0.3) is 10.9 Å². The van der Waals surface area contributed by atoms with Gasteiger partial charge in [0.05, 0.1) is 16.8 Å². The molecule has 34 heavy (non-hydrogen) atoms. The van der Waals surface area contributed by atoms with Gasteiger partial charge >= 0.3 is 12.1 Å². The molecule has 0 saturated carbocycles. The second-order valence-electron chi connectivity index (χ2n) is 7.70. The van der Waals surface area contributed by atoms with Crippen molar-refractivity contribution in [1.82, 2.24) is 9.88 Å². The lowest BCUT2D eigenvalue weighted by molar-refractivity contribution is -0.120. The quantitative estimate of drug-likeness (QED) is 0.319. The normalized spacial score (nSPS) is 17.1. The van der Waals surface area contributed by atoms with E-state index in [-0.39, 0.29) is 49.2 Å². The maximum Gasteiger partial charge on any atom is 0.410 e. The Hall–Kier alpha value is -3.66. The number of hydrogen-bond donors (Lipinski definition) is 2. The SMILES string of the molecule is C=CCOC(=O)c1cc(NC(=O)C2CC(CC(=O)S)CN2C(=O)OCC=C)c2cccnc2c1. The van der Waals surface area contributed by atoms with E-state index in [2.05, 4.69) is 36.1 Å². The second kappa shape index (κ2) is 11.5. The average molecular weight is 484 g/mol. The largest absolute Gasteiger partial charge is 0.458 e. The van der Waals surface area contributed by atoms with Gasteiger partial charge in [0.2, 0.25) is 5.91 Å². The number of esters is 1. The smallest absolute Gasteiger partial charge is 0.410 e. The summed E-state index contributed by atoms with van der Waals surface area (Å²) in [5.41, 5.74) is 1.03. The van der Waals surface area contributed by atoms with Gasteiger partial charge in [-0.25, -0.2) is 9.59 Å². The molecule has 1 N–H and O–H groups in total. The van der Waals surface area contributed by atoms with Crippen LogP contribution in [0, 0.1) is 5.92 Å². The van der Waals surface area contributed by atoms with Crippen LogP contribution in [0.4, 0.5) is 10.5 Å². The number of thiol groups is 1. The van der Waals surface area contributed by atoms with E-state index in [4.69, 9.17) is 9.47 Å². The molecule has 1 aliphatic heterocycles. The molecule has 0 spiro atoms. The summed E-state index contributed by atoms with van der Waals surface area (Å²) >= 11 is 3.82. The molecule has 2 aromatic rings. The van der Waals surface area contributed by atoms with E-state index < -0.39 is 24.0 Å². The summed E-state index contributed by atoms with van der Waals surface area (Å²) in [4.78, 5) is 55.3. The number of nitrogens with zero attached hydrogens (tertiary/aromatic N) is 2. The fourth-order valence-electron chi connectivity index (χ4n) is 3.82. The van der Waals surface area contributed by atoms with Gasteiger partial charge in [-0.3, -0.25) is 19.5 Å². The summed E-state index contributed by atoms with van der Waals surface area (Å²) in [6.45, 7) is 7.24. The molecule has 0 bridgehead atoms. The van der Waals surface area contributed by atoms with Crippen LogP contribution >= 0.6 is 12.6 Å². The third-order valence-electron chi connectivity index (χ3n) is 5.26. The maximum atomic E-state index is 13.3. The Morgan fingerprint density at radius 3 is 2.62 bits per heavy atom. The molecule has 0 radical (unpaired) electrons. The van der Waals surface area contributed by atoms with Crippen molar-refractivity contribution in [2.24, 2.45) is 5.92 Å². The van der Waals surface area contributed by atoms with E-state index in [1.807, 2.05) is 0 Å². The van der Waals surface area contributed by atoms with Crippen LogP contribution in [0.3, 0.4) is 0 Å². The third-order valence-corrected chi connectivity index (χ3v) is 5.44. The highest BCUT2D eigenvalue weighted by atomic mass is 32.1. The minimum atomic E-state index is -0.877. The van der Waals surface area contributed by atoms with Gasteiger partial charge in [0.25, 0.3) is 0 Å². The number of carbonyl (C=O) groups excluding carboxylic acids is 4. The van der Waals surface area contributed by atoms with Gasteiger partial charge in [0.1, 0.15) is 19.3 Å². The number of nitrogens with one attached hydrogen (secondary N) is 1. The number of anilines is 1. The average Bonchev–Trinajstić information content (AvgIpc) is 3.24. The summed E-state index contributed by atoms with van der Waals surface area (Å²) < 4.78 is 10.2. The van der Waals surface area contributed by atoms with Crippen molar-refractivity contribution in [2.75, 3.05) is 25.1 Å². The van der Waals surface area contributed by atoms with Gasteiger partial charge in [-0.15, -0.1) is 12.6 Å². The fourth-order valence-corrected chi connectivity index (χ4v) is 4.08. The number of fused-ring (bicyclic) bond motifs is 1. The Balaban J connectivity index is 1.89. The van der Waals surface area contributed by atoms with E-state index >= 15 is 0 Å². The molecule has 9 nitrogen and oxygen atoms in total. The topological polar surface area (TPSA) is 115 Å². The predicted octanol–water partition coefficient (Wildman–Crippen LogP) is 3.38. The first kappa shape index (κ1) is 25.0. The van der Waals surface area contributed by atoms with Crippen LogP contribution in [0.2, 0.25) is 0 Å². The highest BCUT2D eigenvalue weighted by molar-refractivity contribution is 7.96. The van der Waals surface area contributed by atoms with Crippen LogP contribution in [0.5, 0.6) is 0 Å². The van der Waals surface area contributed by atoms with Crippen molar-refractivity contribution < 1.29 is 28.7 Å². The molecule has 2 amide bonds. The standard InChI is InChI=1S/C24H25N3O6S/c1-3-8-32-23(30)16-12-18-17(6-5-7-25-18)19(13-16)26-22(29)20-10-15(11-21(28)34)14-27(20)24(31)33-9-4-2/h3-7,12-13,15,20H,1-2,8-11,14H2,(H,26,29)(H,28,34).